The summed E-state index contributed by atoms with van der Waals surface area (Å²) in [5.41, 5.74) is -0.380. The number of ether oxygens (including phenoxy) is 1. The van der Waals surface area contributed by atoms with Gasteiger partial charge >= 0.3 is 5.69 Å². The molecular weight excluding hydrogens is 338 g/mol. The van der Waals surface area contributed by atoms with Crippen LogP contribution in [-0.2, 0) is 20.9 Å². The molecule has 0 saturated carbocycles. The quantitative estimate of drug-likeness (QED) is 0.717. The molecule has 0 unspecified atom stereocenters. The summed E-state index contributed by atoms with van der Waals surface area (Å²) in [6, 6.07) is 0.113. The van der Waals surface area contributed by atoms with E-state index in [4.69, 9.17) is 4.74 Å². The van der Waals surface area contributed by atoms with Crippen molar-refractivity contribution in [3.63, 3.8) is 0 Å². The fraction of sp³-hybridized carbons (Fsp3) is 0.765. The van der Waals surface area contributed by atoms with E-state index in [0.717, 1.165) is 38.5 Å². The van der Waals surface area contributed by atoms with Crippen molar-refractivity contribution >= 4 is 11.8 Å². The molecule has 3 fully saturated rings. The summed E-state index contributed by atoms with van der Waals surface area (Å²) in [6.45, 7) is 1.26. The van der Waals surface area contributed by atoms with Gasteiger partial charge in [0.25, 0.3) is 0 Å². The van der Waals surface area contributed by atoms with E-state index in [-0.39, 0.29) is 48.2 Å². The first-order valence-electron chi connectivity index (χ1n) is 9.44. The lowest BCUT2D eigenvalue weighted by Crippen LogP contribution is -2.42. The predicted octanol–water partition coefficient (Wildman–Crippen LogP) is -0.364. The largest absolute Gasteiger partial charge is 0.374 e. The van der Waals surface area contributed by atoms with E-state index in [2.05, 4.69) is 15.5 Å². The molecule has 142 valence electrons. The molecular formula is C17H25N5O4. The Labute approximate surface area is 151 Å². The van der Waals surface area contributed by atoms with E-state index in [0.29, 0.717) is 13.1 Å². The lowest BCUT2D eigenvalue weighted by atomic mass is 9.88. The lowest BCUT2D eigenvalue weighted by Gasteiger charge is -2.25. The van der Waals surface area contributed by atoms with Gasteiger partial charge in [-0.3, -0.25) is 14.2 Å². The number of carbonyl (C=O) groups is 2. The first-order valence-corrected chi connectivity index (χ1v) is 9.44. The van der Waals surface area contributed by atoms with Crippen LogP contribution in [0.25, 0.3) is 0 Å². The third kappa shape index (κ3) is 3.40. The fourth-order valence-electron chi connectivity index (χ4n) is 4.49. The number of rotatable bonds is 6. The molecule has 0 radical (unpaired) electrons. The molecule has 2 bridgehead atoms. The van der Waals surface area contributed by atoms with Gasteiger partial charge < -0.3 is 15.0 Å². The van der Waals surface area contributed by atoms with Crippen molar-refractivity contribution in [3.05, 3.63) is 16.8 Å². The second-order valence-electron chi connectivity index (χ2n) is 7.47. The SMILES string of the molecule is O=C(NCC[C@@H]1CCCN1C(=O)Cn1cn[nH]c1=O)[C@@H]1C[C@@H]2CC[C@H]1O2. The van der Waals surface area contributed by atoms with Gasteiger partial charge in [-0.15, -0.1) is 0 Å². The molecule has 4 rings (SSSR count). The highest BCUT2D eigenvalue weighted by Gasteiger charge is 2.44. The van der Waals surface area contributed by atoms with Crippen LogP contribution >= 0.6 is 0 Å². The minimum atomic E-state index is -0.380. The third-order valence-electron chi connectivity index (χ3n) is 5.84. The van der Waals surface area contributed by atoms with Crippen LogP contribution in [-0.4, -0.2) is 62.8 Å². The van der Waals surface area contributed by atoms with E-state index in [1.807, 2.05) is 4.90 Å². The van der Waals surface area contributed by atoms with Crippen LogP contribution in [0, 0.1) is 5.92 Å². The van der Waals surface area contributed by atoms with Crippen molar-refractivity contribution in [2.75, 3.05) is 13.1 Å². The number of aromatic amines is 1. The molecule has 26 heavy (non-hydrogen) atoms. The first-order chi connectivity index (χ1) is 12.6. The molecule has 9 nitrogen and oxygen atoms in total. The average Bonchev–Trinajstić information content (AvgIpc) is 3.40. The Bertz CT molecular complexity index is 729. The molecule has 2 amide bonds. The van der Waals surface area contributed by atoms with Gasteiger partial charge in [0, 0.05) is 19.1 Å². The zero-order valence-electron chi connectivity index (χ0n) is 14.7. The average molecular weight is 363 g/mol. The highest BCUT2D eigenvalue weighted by molar-refractivity contribution is 5.79. The van der Waals surface area contributed by atoms with Crippen molar-refractivity contribution < 1.29 is 14.3 Å². The maximum Gasteiger partial charge on any atom is 0.343 e. The van der Waals surface area contributed by atoms with Crippen molar-refractivity contribution in [2.45, 2.75) is 63.3 Å². The number of nitrogens with one attached hydrogen (secondary N) is 2. The van der Waals surface area contributed by atoms with E-state index in [1.165, 1.54) is 10.9 Å². The molecule has 2 N–H and O–H groups in total. The maximum atomic E-state index is 12.5. The van der Waals surface area contributed by atoms with Crippen molar-refractivity contribution in [3.8, 4) is 0 Å². The Morgan fingerprint density at radius 1 is 1.35 bits per heavy atom. The van der Waals surface area contributed by atoms with Gasteiger partial charge in [0.1, 0.15) is 12.9 Å². The Balaban J connectivity index is 1.25. The Kier molecular flexibility index (Phi) is 4.80. The van der Waals surface area contributed by atoms with Gasteiger partial charge in [-0.2, -0.15) is 5.10 Å². The molecule has 4 atom stereocenters. The van der Waals surface area contributed by atoms with Gasteiger partial charge in [-0.05, 0) is 38.5 Å². The summed E-state index contributed by atoms with van der Waals surface area (Å²) in [5, 5.41) is 8.95. The van der Waals surface area contributed by atoms with Crippen LogP contribution in [0.5, 0.6) is 0 Å². The highest BCUT2D eigenvalue weighted by Crippen LogP contribution is 2.38. The second-order valence-corrected chi connectivity index (χ2v) is 7.47. The molecule has 1 aromatic rings. The zero-order chi connectivity index (χ0) is 18.1. The van der Waals surface area contributed by atoms with Gasteiger partial charge in [0.2, 0.25) is 11.8 Å². The van der Waals surface area contributed by atoms with E-state index >= 15 is 0 Å². The van der Waals surface area contributed by atoms with Gasteiger partial charge in [0.15, 0.2) is 0 Å². The number of H-pyrrole nitrogens is 1. The predicted molar refractivity (Wildman–Crippen MR) is 91.2 cm³/mol. The van der Waals surface area contributed by atoms with Crippen molar-refractivity contribution in [2.24, 2.45) is 5.92 Å². The number of hydrogen-bond acceptors (Lipinski definition) is 5. The number of hydrogen-bond donors (Lipinski definition) is 2. The van der Waals surface area contributed by atoms with Crippen LogP contribution in [0.1, 0.15) is 38.5 Å². The number of likely N-dealkylation sites (tertiary alicyclic amines) is 1. The van der Waals surface area contributed by atoms with E-state index < -0.39 is 0 Å². The second kappa shape index (κ2) is 7.22. The minimum absolute atomic E-state index is 0.000668. The summed E-state index contributed by atoms with van der Waals surface area (Å²) in [6.07, 6.45) is 7.22. The summed E-state index contributed by atoms with van der Waals surface area (Å²) in [7, 11) is 0. The van der Waals surface area contributed by atoms with Crippen LogP contribution in [0.15, 0.2) is 11.1 Å². The van der Waals surface area contributed by atoms with E-state index in [1.54, 1.807) is 0 Å². The molecule has 0 aliphatic carbocycles. The Morgan fingerprint density at radius 2 is 2.23 bits per heavy atom. The van der Waals surface area contributed by atoms with Crippen LogP contribution < -0.4 is 11.0 Å². The van der Waals surface area contributed by atoms with Crippen molar-refractivity contribution in [1.82, 2.24) is 25.0 Å². The standard InChI is InChI=1S/C17H25N5O4/c23-15(9-21-10-19-20-17(21)25)22-7-1-2-11(22)5-6-18-16(24)13-8-12-3-4-14(13)26-12/h10-14H,1-9H2,(H,18,24)(H,20,25)/t11-,12-,13+,14+/m0/s1. The normalized spacial score (nSPS) is 30.1. The maximum absolute atomic E-state index is 12.5. The highest BCUT2D eigenvalue weighted by atomic mass is 16.5. The van der Waals surface area contributed by atoms with Gasteiger partial charge in [-0.25, -0.2) is 9.89 Å². The summed E-state index contributed by atoms with van der Waals surface area (Å²) in [5.74, 6) is -0.00937. The topological polar surface area (TPSA) is 109 Å². The Hall–Kier alpha value is -2.16. The Morgan fingerprint density at radius 3 is 2.92 bits per heavy atom. The first kappa shape index (κ1) is 17.3. The summed E-state index contributed by atoms with van der Waals surface area (Å²) < 4.78 is 7.02. The molecule has 0 aromatic carbocycles. The van der Waals surface area contributed by atoms with Crippen molar-refractivity contribution in [1.29, 1.82) is 0 Å². The fourth-order valence-corrected chi connectivity index (χ4v) is 4.49. The van der Waals surface area contributed by atoms with E-state index in [9.17, 15) is 14.4 Å². The molecule has 4 heterocycles. The smallest absolute Gasteiger partial charge is 0.343 e. The molecule has 0 spiro atoms. The van der Waals surface area contributed by atoms with Crippen LogP contribution in [0.4, 0.5) is 0 Å². The third-order valence-corrected chi connectivity index (χ3v) is 5.84. The summed E-state index contributed by atoms with van der Waals surface area (Å²) in [4.78, 5) is 38.2. The molecule has 1 aromatic heterocycles. The molecule has 3 saturated heterocycles. The number of carbonyl (C=O) groups excluding carboxylic acids is 2. The lowest BCUT2D eigenvalue weighted by molar-refractivity contribution is -0.132. The number of amides is 2. The molecule has 3 aliphatic rings. The summed E-state index contributed by atoms with van der Waals surface area (Å²) >= 11 is 0. The molecule has 3 aliphatic heterocycles. The zero-order valence-corrected chi connectivity index (χ0v) is 14.7. The molecule has 9 heteroatoms. The number of fused-ring (bicyclic) bond motifs is 2. The monoisotopic (exact) mass is 363 g/mol. The number of aromatic nitrogens is 3. The van der Waals surface area contributed by atoms with Crippen LogP contribution in [0.3, 0.4) is 0 Å². The van der Waals surface area contributed by atoms with Gasteiger partial charge in [-0.1, -0.05) is 0 Å². The van der Waals surface area contributed by atoms with Gasteiger partial charge in [0.05, 0.1) is 18.1 Å². The minimum Gasteiger partial charge on any atom is -0.374 e. The number of nitrogens with zero attached hydrogens (tertiary/aromatic N) is 3. The van der Waals surface area contributed by atoms with Crippen LogP contribution in [0.2, 0.25) is 0 Å².